The number of hydrogen-bond acceptors (Lipinski definition) is 2. The predicted molar refractivity (Wildman–Crippen MR) is 179 cm³/mol. The number of ether oxygens (including phenoxy) is 1. The second-order valence-corrected chi connectivity index (χ2v) is 12.9. The van der Waals surface area contributed by atoms with Crippen LogP contribution in [0.5, 0.6) is 0 Å². The van der Waals surface area contributed by atoms with Gasteiger partial charge in [-0.25, -0.2) is 4.79 Å². The molecule has 2 heteroatoms. The van der Waals surface area contributed by atoms with Crippen molar-refractivity contribution in [2.24, 2.45) is 0 Å². The van der Waals surface area contributed by atoms with Gasteiger partial charge in [0.15, 0.2) is 0 Å². The third-order valence-corrected chi connectivity index (χ3v) is 8.63. The van der Waals surface area contributed by atoms with E-state index < -0.39 is 0 Å². The van der Waals surface area contributed by atoms with Gasteiger partial charge in [-0.05, 0) is 32.6 Å². The van der Waals surface area contributed by atoms with Gasteiger partial charge in [-0.3, -0.25) is 0 Å². The summed E-state index contributed by atoms with van der Waals surface area (Å²) in [5, 5.41) is 0. The van der Waals surface area contributed by atoms with Gasteiger partial charge in [0.25, 0.3) is 0 Å². The molecule has 0 amide bonds. The van der Waals surface area contributed by atoms with Crippen LogP contribution >= 0.6 is 0 Å². The van der Waals surface area contributed by atoms with Gasteiger partial charge in [0.2, 0.25) is 0 Å². The lowest BCUT2D eigenvalue weighted by molar-refractivity contribution is -0.145. The summed E-state index contributed by atoms with van der Waals surface area (Å²) >= 11 is 0. The van der Waals surface area contributed by atoms with Crippen LogP contribution in [0.2, 0.25) is 0 Å². The standard InChI is InChI=1S/C38H74O2/c1-5-7-9-11-13-15-17-19-21-23-25-27-29-31-33-35-37(40-38(39)36(3)4)34-32-30-28-26-24-22-20-18-16-14-12-10-8-6-2/h37H,3,5-35H2,1-2,4H3. The summed E-state index contributed by atoms with van der Waals surface area (Å²) in [4.78, 5) is 12.1. The zero-order valence-electron chi connectivity index (χ0n) is 28.0. The molecule has 0 aliphatic carbocycles. The van der Waals surface area contributed by atoms with E-state index in [1.54, 1.807) is 6.92 Å². The van der Waals surface area contributed by atoms with E-state index in [0.717, 1.165) is 12.8 Å². The van der Waals surface area contributed by atoms with E-state index in [9.17, 15) is 4.79 Å². The molecular formula is C38H74O2. The first-order chi connectivity index (χ1) is 19.6. The summed E-state index contributed by atoms with van der Waals surface area (Å²) in [6, 6.07) is 0. The van der Waals surface area contributed by atoms with Crippen LogP contribution in [-0.2, 0) is 9.53 Å². The lowest BCUT2D eigenvalue weighted by atomic mass is 10.0. The smallest absolute Gasteiger partial charge is 0.333 e. The summed E-state index contributed by atoms with van der Waals surface area (Å²) in [6.07, 6.45) is 42.3. The maximum absolute atomic E-state index is 12.1. The van der Waals surface area contributed by atoms with Crippen molar-refractivity contribution < 1.29 is 9.53 Å². The van der Waals surface area contributed by atoms with E-state index in [1.165, 1.54) is 186 Å². The molecule has 0 N–H and O–H groups in total. The van der Waals surface area contributed by atoms with E-state index >= 15 is 0 Å². The van der Waals surface area contributed by atoms with Crippen molar-refractivity contribution in [3.05, 3.63) is 12.2 Å². The number of rotatable bonds is 33. The topological polar surface area (TPSA) is 26.3 Å². The lowest BCUT2D eigenvalue weighted by Crippen LogP contribution is -2.18. The average molecular weight is 563 g/mol. The molecule has 0 fully saturated rings. The van der Waals surface area contributed by atoms with Gasteiger partial charge < -0.3 is 4.74 Å². The van der Waals surface area contributed by atoms with Gasteiger partial charge in [-0.15, -0.1) is 0 Å². The Balaban J connectivity index is 3.69. The van der Waals surface area contributed by atoms with E-state index in [0.29, 0.717) is 5.57 Å². The van der Waals surface area contributed by atoms with Crippen LogP contribution < -0.4 is 0 Å². The van der Waals surface area contributed by atoms with E-state index in [2.05, 4.69) is 20.4 Å². The molecule has 2 nitrogen and oxygen atoms in total. The van der Waals surface area contributed by atoms with Crippen molar-refractivity contribution in [1.82, 2.24) is 0 Å². The fourth-order valence-electron chi connectivity index (χ4n) is 5.82. The van der Waals surface area contributed by atoms with Crippen LogP contribution in [0.1, 0.15) is 220 Å². The van der Waals surface area contributed by atoms with Crippen LogP contribution in [0.25, 0.3) is 0 Å². The molecule has 0 heterocycles. The molecule has 0 aromatic heterocycles. The van der Waals surface area contributed by atoms with Crippen LogP contribution in [0, 0.1) is 0 Å². The molecule has 238 valence electrons. The Morgan fingerprint density at radius 3 is 0.900 bits per heavy atom. The first-order valence-corrected chi connectivity index (χ1v) is 18.5. The third kappa shape index (κ3) is 30.2. The molecule has 0 aliphatic heterocycles. The molecule has 0 aromatic carbocycles. The zero-order valence-corrected chi connectivity index (χ0v) is 28.0. The maximum atomic E-state index is 12.1. The Morgan fingerprint density at radius 2 is 0.675 bits per heavy atom. The normalized spacial score (nSPS) is 12.1. The maximum Gasteiger partial charge on any atom is 0.333 e. The summed E-state index contributed by atoms with van der Waals surface area (Å²) in [7, 11) is 0. The number of hydrogen-bond donors (Lipinski definition) is 0. The zero-order chi connectivity index (χ0) is 29.4. The Kier molecular flexibility index (Phi) is 32.1. The van der Waals surface area contributed by atoms with Crippen LogP contribution in [0.3, 0.4) is 0 Å². The Labute approximate surface area is 253 Å². The van der Waals surface area contributed by atoms with E-state index in [4.69, 9.17) is 4.74 Å². The number of carbonyl (C=O) groups excluding carboxylic acids is 1. The van der Waals surface area contributed by atoms with Crippen molar-refractivity contribution in [2.75, 3.05) is 0 Å². The largest absolute Gasteiger partial charge is 0.459 e. The number of carbonyl (C=O) groups is 1. The van der Waals surface area contributed by atoms with Gasteiger partial charge in [0, 0.05) is 5.57 Å². The first-order valence-electron chi connectivity index (χ1n) is 18.5. The molecule has 0 saturated heterocycles. The van der Waals surface area contributed by atoms with Gasteiger partial charge in [0.05, 0.1) is 0 Å². The molecule has 1 unspecified atom stereocenters. The SMILES string of the molecule is C=C(C)C(=O)OC(CCCCCCCCCCCCCCCC)CCCCCCCCCCCCCCCCC. The van der Waals surface area contributed by atoms with Crippen LogP contribution in [0.4, 0.5) is 0 Å². The van der Waals surface area contributed by atoms with Gasteiger partial charge in [-0.2, -0.15) is 0 Å². The molecule has 0 saturated carbocycles. The third-order valence-electron chi connectivity index (χ3n) is 8.63. The Morgan fingerprint density at radius 1 is 0.450 bits per heavy atom. The number of esters is 1. The number of unbranched alkanes of at least 4 members (excludes halogenated alkanes) is 27. The predicted octanol–water partition coefficient (Wildman–Crippen LogP) is 13.6. The van der Waals surface area contributed by atoms with Crippen molar-refractivity contribution in [3.8, 4) is 0 Å². The average Bonchev–Trinajstić information content (AvgIpc) is 2.94. The van der Waals surface area contributed by atoms with Gasteiger partial charge in [0.1, 0.15) is 6.10 Å². The molecule has 40 heavy (non-hydrogen) atoms. The minimum absolute atomic E-state index is 0.0866. The minimum atomic E-state index is -0.198. The molecule has 0 aromatic rings. The van der Waals surface area contributed by atoms with Crippen molar-refractivity contribution in [3.63, 3.8) is 0 Å². The molecule has 0 spiro atoms. The summed E-state index contributed by atoms with van der Waals surface area (Å²) in [5.41, 5.74) is 0.530. The van der Waals surface area contributed by atoms with E-state index in [1.807, 2.05) is 0 Å². The summed E-state index contributed by atoms with van der Waals surface area (Å²) in [6.45, 7) is 10.1. The first kappa shape index (κ1) is 39.2. The fourth-order valence-corrected chi connectivity index (χ4v) is 5.82. The van der Waals surface area contributed by atoms with Gasteiger partial charge >= 0.3 is 5.97 Å². The Hall–Kier alpha value is -0.790. The van der Waals surface area contributed by atoms with Crippen LogP contribution in [0.15, 0.2) is 12.2 Å². The van der Waals surface area contributed by atoms with Gasteiger partial charge in [-0.1, -0.05) is 194 Å². The van der Waals surface area contributed by atoms with Crippen molar-refractivity contribution >= 4 is 5.97 Å². The fraction of sp³-hybridized carbons (Fsp3) is 0.921. The summed E-state index contributed by atoms with van der Waals surface area (Å²) < 4.78 is 5.81. The Bertz CT molecular complexity index is 526. The monoisotopic (exact) mass is 563 g/mol. The second-order valence-electron chi connectivity index (χ2n) is 12.9. The highest BCUT2D eigenvalue weighted by atomic mass is 16.5. The molecule has 0 radical (unpaired) electrons. The molecule has 0 aliphatic rings. The van der Waals surface area contributed by atoms with Crippen molar-refractivity contribution in [2.45, 2.75) is 226 Å². The molecule has 0 bridgehead atoms. The quantitative estimate of drug-likeness (QED) is 0.0451. The second kappa shape index (κ2) is 32.7. The molecule has 1 atom stereocenters. The highest BCUT2D eigenvalue weighted by Gasteiger charge is 2.14. The summed E-state index contributed by atoms with van der Waals surface area (Å²) in [5.74, 6) is -0.198. The molecular weight excluding hydrogens is 488 g/mol. The van der Waals surface area contributed by atoms with Crippen molar-refractivity contribution in [1.29, 1.82) is 0 Å². The van der Waals surface area contributed by atoms with Crippen LogP contribution in [-0.4, -0.2) is 12.1 Å². The highest BCUT2D eigenvalue weighted by molar-refractivity contribution is 5.87. The van der Waals surface area contributed by atoms with E-state index in [-0.39, 0.29) is 12.1 Å². The minimum Gasteiger partial charge on any atom is -0.459 e. The molecule has 0 rings (SSSR count). The highest BCUT2D eigenvalue weighted by Crippen LogP contribution is 2.19. The lowest BCUT2D eigenvalue weighted by Gasteiger charge is -2.18.